The molecule has 2 aromatic carbocycles. The van der Waals surface area contributed by atoms with E-state index >= 15 is 0 Å². The summed E-state index contributed by atoms with van der Waals surface area (Å²) >= 11 is 0. The van der Waals surface area contributed by atoms with Crippen molar-refractivity contribution in [1.82, 2.24) is 15.5 Å². The number of hydrogen-bond donors (Lipinski definition) is 3. The highest BCUT2D eigenvalue weighted by Crippen LogP contribution is 2.17. The summed E-state index contributed by atoms with van der Waals surface area (Å²) < 4.78 is 4.96. The lowest BCUT2D eigenvalue weighted by Gasteiger charge is -2.26. The van der Waals surface area contributed by atoms with E-state index in [1.807, 2.05) is 12.1 Å². The Balaban J connectivity index is 1.77. The molecule has 10 nitrogen and oxygen atoms in total. The molecule has 178 valence electrons. The summed E-state index contributed by atoms with van der Waals surface area (Å²) in [7, 11) is 0. The van der Waals surface area contributed by atoms with E-state index in [2.05, 4.69) is 10.6 Å². The summed E-state index contributed by atoms with van der Waals surface area (Å²) in [6, 6.07) is 14.4. The number of cyclic esters (lactones) is 1. The fourth-order valence-electron chi connectivity index (χ4n) is 3.66. The summed E-state index contributed by atoms with van der Waals surface area (Å²) in [5, 5.41) is 5.05. The molecule has 4 N–H and O–H groups in total. The molecule has 0 bridgehead atoms. The monoisotopic (exact) mass is 466 g/mol. The van der Waals surface area contributed by atoms with Gasteiger partial charge in [-0.1, -0.05) is 60.7 Å². The lowest BCUT2D eigenvalue weighted by molar-refractivity contribution is -0.139. The van der Waals surface area contributed by atoms with Crippen LogP contribution in [0, 0.1) is 0 Å². The van der Waals surface area contributed by atoms with Gasteiger partial charge in [-0.3, -0.25) is 19.2 Å². The fraction of sp³-hybridized carbons (Fsp3) is 0.292. The normalized spacial score (nSPS) is 16.8. The second kappa shape index (κ2) is 11.1. The maximum atomic E-state index is 13.3. The first-order valence-corrected chi connectivity index (χ1v) is 10.7. The van der Waals surface area contributed by atoms with Crippen LogP contribution in [0.5, 0.6) is 0 Å². The molecule has 10 heteroatoms. The number of rotatable bonds is 9. The predicted molar refractivity (Wildman–Crippen MR) is 121 cm³/mol. The van der Waals surface area contributed by atoms with Crippen LogP contribution in [0.1, 0.15) is 18.1 Å². The minimum absolute atomic E-state index is 0.106. The summed E-state index contributed by atoms with van der Waals surface area (Å²) in [4.78, 5) is 63.0. The molecule has 0 radical (unpaired) electrons. The van der Waals surface area contributed by atoms with Gasteiger partial charge in [0.15, 0.2) is 6.04 Å². The van der Waals surface area contributed by atoms with Crippen molar-refractivity contribution in [2.24, 2.45) is 5.73 Å². The van der Waals surface area contributed by atoms with E-state index in [0.717, 1.165) is 11.1 Å². The van der Waals surface area contributed by atoms with Crippen molar-refractivity contribution in [1.29, 1.82) is 0 Å². The Hall–Kier alpha value is -4.21. The average molecular weight is 466 g/mol. The van der Waals surface area contributed by atoms with E-state index in [1.165, 1.54) is 6.92 Å². The number of nitrogens with two attached hydrogens (primary N) is 1. The van der Waals surface area contributed by atoms with E-state index in [9.17, 15) is 24.0 Å². The molecule has 0 saturated carbocycles. The van der Waals surface area contributed by atoms with E-state index in [0.29, 0.717) is 4.90 Å². The molecule has 0 spiro atoms. The number of primary amides is 1. The molecule has 1 fully saturated rings. The molecular formula is C24H26N4O6. The first kappa shape index (κ1) is 24.4. The molecule has 0 aromatic heterocycles. The molecule has 5 amide bonds. The van der Waals surface area contributed by atoms with Crippen LogP contribution in [0.25, 0.3) is 0 Å². The molecule has 1 aliphatic heterocycles. The zero-order valence-corrected chi connectivity index (χ0v) is 18.6. The van der Waals surface area contributed by atoms with Gasteiger partial charge in [-0.25, -0.2) is 9.69 Å². The summed E-state index contributed by atoms with van der Waals surface area (Å²) in [6.07, 6.45) is -0.762. The summed E-state index contributed by atoms with van der Waals surface area (Å²) in [5.74, 6) is -2.79. The van der Waals surface area contributed by atoms with Crippen molar-refractivity contribution in [3.63, 3.8) is 0 Å². The number of benzene rings is 2. The Labute approximate surface area is 196 Å². The quantitative estimate of drug-likeness (QED) is 0.484. The van der Waals surface area contributed by atoms with Gasteiger partial charge in [-0.05, 0) is 11.1 Å². The van der Waals surface area contributed by atoms with Gasteiger partial charge in [0.25, 0.3) is 5.91 Å². The molecule has 0 aliphatic carbocycles. The SMILES string of the molecule is CC(=O)N[C@@H](Cc1ccccc1)C(=O)N1C(=O)OC[C@H]1C(=O)N[C@@H](Cc1ccccc1)C(N)=O. The number of carbonyl (C=O) groups is 5. The predicted octanol–water partition coefficient (Wildman–Crippen LogP) is 0.294. The molecule has 1 heterocycles. The largest absolute Gasteiger partial charge is 0.446 e. The van der Waals surface area contributed by atoms with Gasteiger partial charge in [0.05, 0.1) is 0 Å². The molecule has 34 heavy (non-hydrogen) atoms. The molecule has 3 rings (SSSR count). The van der Waals surface area contributed by atoms with E-state index in [1.54, 1.807) is 48.5 Å². The van der Waals surface area contributed by atoms with Crippen LogP contribution >= 0.6 is 0 Å². The minimum atomic E-state index is -1.32. The van der Waals surface area contributed by atoms with Gasteiger partial charge >= 0.3 is 6.09 Å². The van der Waals surface area contributed by atoms with Gasteiger partial charge in [0.1, 0.15) is 18.7 Å². The highest BCUT2D eigenvalue weighted by atomic mass is 16.6. The number of imide groups is 1. The third-order valence-corrected chi connectivity index (χ3v) is 5.31. The van der Waals surface area contributed by atoms with Crippen LogP contribution in [0.4, 0.5) is 4.79 Å². The number of ether oxygens (including phenoxy) is 1. The number of carbonyl (C=O) groups excluding carboxylic acids is 5. The van der Waals surface area contributed by atoms with Gasteiger partial charge in [0, 0.05) is 19.8 Å². The Morgan fingerprint density at radius 2 is 1.47 bits per heavy atom. The Morgan fingerprint density at radius 1 is 0.941 bits per heavy atom. The molecular weight excluding hydrogens is 440 g/mol. The van der Waals surface area contributed by atoms with E-state index in [4.69, 9.17) is 10.5 Å². The topological polar surface area (TPSA) is 148 Å². The van der Waals surface area contributed by atoms with Crippen molar-refractivity contribution in [3.05, 3.63) is 71.8 Å². The number of nitrogens with one attached hydrogen (secondary N) is 2. The third-order valence-electron chi connectivity index (χ3n) is 5.31. The lowest BCUT2D eigenvalue weighted by Crippen LogP contribution is -2.57. The maximum absolute atomic E-state index is 13.3. The van der Waals surface area contributed by atoms with Gasteiger partial charge in [-0.2, -0.15) is 0 Å². The number of nitrogens with zero attached hydrogens (tertiary/aromatic N) is 1. The van der Waals surface area contributed by atoms with Gasteiger partial charge in [-0.15, -0.1) is 0 Å². The minimum Gasteiger partial charge on any atom is -0.446 e. The number of amides is 5. The van der Waals surface area contributed by atoms with Crippen molar-refractivity contribution < 1.29 is 28.7 Å². The second-order valence-electron chi connectivity index (χ2n) is 7.90. The summed E-state index contributed by atoms with van der Waals surface area (Å²) in [5.41, 5.74) is 6.98. The van der Waals surface area contributed by atoms with Crippen LogP contribution in [0.15, 0.2) is 60.7 Å². The first-order chi connectivity index (χ1) is 16.3. The molecule has 0 unspecified atom stereocenters. The Morgan fingerprint density at radius 3 is 1.97 bits per heavy atom. The third kappa shape index (κ3) is 6.18. The molecule has 1 saturated heterocycles. The van der Waals surface area contributed by atoms with Crippen molar-refractivity contribution >= 4 is 29.7 Å². The van der Waals surface area contributed by atoms with Crippen LogP contribution in [0.3, 0.4) is 0 Å². The lowest BCUT2D eigenvalue weighted by atomic mass is 10.0. The maximum Gasteiger partial charge on any atom is 0.417 e. The van der Waals surface area contributed by atoms with Crippen LogP contribution < -0.4 is 16.4 Å². The van der Waals surface area contributed by atoms with Crippen LogP contribution in [-0.4, -0.2) is 59.4 Å². The zero-order chi connectivity index (χ0) is 24.7. The van der Waals surface area contributed by atoms with Crippen molar-refractivity contribution in [2.45, 2.75) is 37.9 Å². The molecule has 3 atom stereocenters. The highest BCUT2D eigenvalue weighted by Gasteiger charge is 2.45. The van der Waals surface area contributed by atoms with Crippen molar-refractivity contribution in [2.75, 3.05) is 6.61 Å². The van der Waals surface area contributed by atoms with Gasteiger partial charge < -0.3 is 21.1 Å². The van der Waals surface area contributed by atoms with Crippen LogP contribution in [0.2, 0.25) is 0 Å². The number of hydrogen-bond acceptors (Lipinski definition) is 6. The molecule has 1 aliphatic rings. The molecule has 2 aromatic rings. The van der Waals surface area contributed by atoms with Crippen molar-refractivity contribution in [3.8, 4) is 0 Å². The zero-order valence-electron chi connectivity index (χ0n) is 18.6. The Bertz CT molecular complexity index is 1060. The highest BCUT2D eigenvalue weighted by molar-refractivity contribution is 6.03. The Kier molecular flexibility index (Phi) is 7.96. The van der Waals surface area contributed by atoms with Gasteiger partial charge in [0.2, 0.25) is 17.7 Å². The standard InChI is InChI=1S/C24H26N4O6/c1-15(29)26-19(13-17-10-6-3-7-11-17)23(32)28-20(14-34-24(28)33)22(31)27-18(21(25)30)12-16-8-4-2-5-9-16/h2-11,18-20H,12-14H2,1H3,(H2,25,30)(H,26,29)(H,27,31)/t18-,19-,20-/m0/s1. The first-order valence-electron chi connectivity index (χ1n) is 10.7. The van der Waals surface area contributed by atoms with E-state index in [-0.39, 0.29) is 19.4 Å². The summed E-state index contributed by atoms with van der Waals surface area (Å²) in [6.45, 7) is 0.865. The fourth-order valence-corrected chi connectivity index (χ4v) is 3.66. The van der Waals surface area contributed by atoms with E-state index < -0.39 is 47.8 Å². The average Bonchev–Trinajstić information content (AvgIpc) is 3.20. The van der Waals surface area contributed by atoms with Crippen LogP contribution in [-0.2, 0) is 36.8 Å². The smallest absolute Gasteiger partial charge is 0.417 e. The second-order valence-corrected chi connectivity index (χ2v) is 7.90.